The van der Waals surface area contributed by atoms with Crippen molar-refractivity contribution in [3.63, 3.8) is 0 Å². The molecule has 9 nitrogen and oxygen atoms in total. The molecule has 148 valence electrons. The predicted molar refractivity (Wildman–Crippen MR) is 111 cm³/mol. The number of hydrogen-bond donors (Lipinski definition) is 3. The van der Waals surface area contributed by atoms with Crippen molar-refractivity contribution in [3.8, 4) is 0 Å². The summed E-state index contributed by atoms with van der Waals surface area (Å²) >= 11 is 3.45. The van der Waals surface area contributed by atoms with Crippen LogP contribution in [0.3, 0.4) is 0 Å². The van der Waals surface area contributed by atoms with Gasteiger partial charge >= 0.3 is 0 Å². The Labute approximate surface area is 166 Å². The number of thioether (sulfide) groups is 2. The number of nitrogens with one attached hydrogen (secondary N) is 3. The van der Waals surface area contributed by atoms with Gasteiger partial charge in [0.15, 0.2) is 5.84 Å². The quantitative estimate of drug-likeness (QED) is 0.161. The maximum absolute atomic E-state index is 10.8. The van der Waals surface area contributed by atoms with Gasteiger partial charge in [-0.1, -0.05) is 0 Å². The molecule has 0 amide bonds. The van der Waals surface area contributed by atoms with E-state index in [2.05, 4.69) is 30.2 Å². The largest absolute Gasteiger partial charge is 0.368 e. The molecule has 0 aromatic carbocycles. The molecule has 0 unspecified atom stereocenters. The van der Waals surface area contributed by atoms with E-state index in [4.69, 9.17) is 0 Å². The summed E-state index contributed by atoms with van der Waals surface area (Å²) in [6.07, 6.45) is 3.38. The number of aryl methyl sites for hydroxylation is 2. The summed E-state index contributed by atoms with van der Waals surface area (Å²) in [5.41, 5.74) is 4.23. The highest BCUT2D eigenvalue weighted by molar-refractivity contribution is 7.98. The zero-order valence-electron chi connectivity index (χ0n) is 15.5. The number of hydrogen-bond acceptors (Lipinski definition) is 7. The Hall–Kier alpha value is -2.01. The molecular weight excluding hydrogens is 386 g/mol. The zero-order valence-corrected chi connectivity index (χ0v) is 17.2. The van der Waals surface area contributed by atoms with Gasteiger partial charge in [0.25, 0.3) is 6.54 Å². The number of amidine groups is 1. The summed E-state index contributed by atoms with van der Waals surface area (Å²) in [5.74, 6) is 3.69. The summed E-state index contributed by atoms with van der Waals surface area (Å²) in [6, 6.07) is 0. The third-order valence-corrected chi connectivity index (χ3v) is 5.66. The first kappa shape index (κ1) is 21.3. The molecule has 0 saturated heterocycles. The van der Waals surface area contributed by atoms with Crippen molar-refractivity contribution in [1.29, 1.82) is 0 Å². The van der Waals surface area contributed by atoms with Gasteiger partial charge in [0.1, 0.15) is 0 Å². The standard InChI is InChI=1S/C16H25N7O2S2/c1-12-14(21-10-19-12)8-26-5-3-17-16(7-23(24)25)18-4-6-27-9-15-13(2)20-11-22-15/h10-11H,3-9H2,1-2H3,(H,17,18)(H,19,21)(H,20,22). The molecule has 2 aromatic rings. The average molecular weight is 412 g/mol. The van der Waals surface area contributed by atoms with E-state index in [0.29, 0.717) is 18.9 Å². The van der Waals surface area contributed by atoms with E-state index >= 15 is 0 Å². The number of aromatic nitrogens is 4. The molecular formula is C16H25N7O2S2. The lowest BCUT2D eigenvalue weighted by Gasteiger charge is -2.07. The van der Waals surface area contributed by atoms with Crippen LogP contribution < -0.4 is 5.32 Å². The number of aromatic amines is 2. The Morgan fingerprint density at radius 3 is 2.26 bits per heavy atom. The first-order valence-corrected chi connectivity index (χ1v) is 10.9. The minimum absolute atomic E-state index is 0.272. The minimum atomic E-state index is -0.355. The van der Waals surface area contributed by atoms with Gasteiger partial charge in [-0.25, -0.2) is 9.97 Å². The zero-order chi connectivity index (χ0) is 19.5. The van der Waals surface area contributed by atoms with Crippen molar-refractivity contribution in [2.75, 3.05) is 31.1 Å². The van der Waals surface area contributed by atoms with Crippen LogP contribution in [0.15, 0.2) is 17.6 Å². The molecule has 11 heteroatoms. The SMILES string of the molecule is Cc1[nH]cnc1CSCCN=C(C[N+](=O)[O-])NCCSCc1nc[nH]c1C. The molecule has 0 aliphatic carbocycles. The summed E-state index contributed by atoms with van der Waals surface area (Å²) in [4.78, 5) is 29.4. The molecule has 0 spiro atoms. The van der Waals surface area contributed by atoms with E-state index in [1.54, 1.807) is 36.2 Å². The fourth-order valence-electron chi connectivity index (χ4n) is 2.20. The number of imidazole rings is 2. The van der Waals surface area contributed by atoms with E-state index in [1.165, 1.54) is 0 Å². The van der Waals surface area contributed by atoms with Gasteiger partial charge in [-0.3, -0.25) is 15.1 Å². The highest BCUT2D eigenvalue weighted by Crippen LogP contribution is 2.12. The molecule has 0 bridgehead atoms. The number of nitrogens with zero attached hydrogens (tertiary/aromatic N) is 4. The Balaban J connectivity index is 1.65. The van der Waals surface area contributed by atoms with E-state index in [-0.39, 0.29) is 11.5 Å². The summed E-state index contributed by atoms with van der Waals surface area (Å²) in [6.45, 7) is 4.90. The van der Waals surface area contributed by atoms with Crippen molar-refractivity contribution in [2.45, 2.75) is 25.4 Å². The topological polar surface area (TPSA) is 125 Å². The second-order valence-corrected chi connectivity index (χ2v) is 8.01. The van der Waals surface area contributed by atoms with E-state index in [0.717, 1.165) is 45.8 Å². The van der Waals surface area contributed by atoms with Crippen LogP contribution in [0.25, 0.3) is 0 Å². The monoisotopic (exact) mass is 411 g/mol. The molecule has 2 aromatic heterocycles. The fourth-order valence-corrected chi connectivity index (χ4v) is 3.92. The molecule has 0 aliphatic rings. The van der Waals surface area contributed by atoms with Crippen molar-refractivity contribution in [3.05, 3.63) is 45.5 Å². The van der Waals surface area contributed by atoms with Crippen molar-refractivity contribution in [2.24, 2.45) is 4.99 Å². The van der Waals surface area contributed by atoms with Gasteiger partial charge in [-0.15, -0.1) is 0 Å². The fraction of sp³-hybridized carbons (Fsp3) is 0.562. The summed E-state index contributed by atoms with van der Waals surface area (Å²) < 4.78 is 0. The van der Waals surface area contributed by atoms with E-state index in [1.807, 2.05) is 13.8 Å². The molecule has 0 atom stereocenters. The van der Waals surface area contributed by atoms with Gasteiger partial charge in [0.05, 0.1) is 30.6 Å². The molecule has 0 aliphatic heterocycles. The van der Waals surface area contributed by atoms with Crippen molar-refractivity contribution >= 4 is 29.4 Å². The highest BCUT2D eigenvalue weighted by Gasteiger charge is 2.07. The van der Waals surface area contributed by atoms with E-state index in [9.17, 15) is 10.1 Å². The van der Waals surface area contributed by atoms with Gasteiger partial charge in [-0.2, -0.15) is 23.5 Å². The molecule has 2 heterocycles. The van der Waals surface area contributed by atoms with Crippen LogP contribution in [0, 0.1) is 24.0 Å². The van der Waals surface area contributed by atoms with Gasteiger partial charge in [0.2, 0.25) is 0 Å². The van der Waals surface area contributed by atoms with Gasteiger partial charge in [0, 0.05) is 45.9 Å². The number of H-pyrrole nitrogens is 2. The first-order valence-electron chi connectivity index (χ1n) is 8.58. The van der Waals surface area contributed by atoms with Crippen LogP contribution in [0.4, 0.5) is 0 Å². The Bertz CT molecular complexity index is 745. The van der Waals surface area contributed by atoms with Crippen molar-refractivity contribution in [1.82, 2.24) is 25.3 Å². The normalized spacial score (nSPS) is 11.7. The molecule has 27 heavy (non-hydrogen) atoms. The number of rotatable bonds is 12. The average Bonchev–Trinajstić information content (AvgIpc) is 3.22. The van der Waals surface area contributed by atoms with Gasteiger partial charge < -0.3 is 15.3 Å². The van der Waals surface area contributed by atoms with Crippen molar-refractivity contribution < 1.29 is 4.92 Å². The Kier molecular flexibility index (Phi) is 9.19. The first-order chi connectivity index (χ1) is 13.1. The Morgan fingerprint density at radius 2 is 1.74 bits per heavy atom. The number of aliphatic imine (C=N–C) groups is 1. The van der Waals surface area contributed by atoms with Crippen LogP contribution in [0.5, 0.6) is 0 Å². The predicted octanol–water partition coefficient (Wildman–Crippen LogP) is 2.18. The second-order valence-electron chi connectivity index (χ2n) is 5.80. The van der Waals surface area contributed by atoms with Crippen LogP contribution >= 0.6 is 23.5 Å². The maximum Gasteiger partial charge on any atom is 0.259 e. The minimum Gasteiger partial charge on any atom is -0.368 e. The Morgan fingerprint density at radius 1 is 1.15 bits per heavy atom. The lowest BCUT2D eigenvalue weighted by molar-refractivity contribution is -0.463. The van der Waals surface area contributed by atoms with Crippen LogP contribution in [0.1, 0.15) is 22.8 Å². The molecule has 3 N–H and O–H groups in total. The van der Waals surface area contributed by atoms with Crippen LogP contribution in [0.2, 0.25) is 0 Å². The molecule has 0 radical (unpaired) electrons. The van der Waals surface area contributed by atoms with E-state index < -0.39 is 0 Å². The lowest BCUT2D eigenvalue weighted by atomic mass is 10.4. The highest BCUT2D eigenvalue weighted by atomic mass is 32.2. The molecule has 0 saturated carbocycles. The summed E-state index contributed by atoms with van der Waals surface area (Å²) in [7, 11) is 0. The second kappa shape index (κ2) is 11.7. The maximum atomic E-state index is 10.8. The van der Waals surface area contributed by atoms with Gasteiger partial charge in [-0.05, 0) is 13.8 Å². The van der Waals surface area contributed by atoms with Crippen LogP contribution in [-0.2, 0) is 11.5 Å². The molecule has 0 fully saturated rings. The smallest absolute Gasteiger partial charge is 0.259 e. The van der Waals surface area contributed by atoms with Crippen LogP contribution in [-0.4, -0.2) is 61.8 Å². The molecule has 2 rings (SSSR count). The number of nitro groups is 1. The third kappa shape index (κ3) is 8.04. The lowest BCUT2D eigenvalue weighted by Crippen LogP contribution is -2.32. The third-order valence-electron chi connectivity index (χ3n) is 3.74. The summed E-state index contributed by atoms with van der Waals surface area (Å²) in [5, 5.41) is 13.9.